The summed E-state index contributed by atoms with van der Waals surface area (Å²) in [5.41, 5.74) is 2.73. The maximum atomic E-state index is 13.8. The highest BCUT2D eigenvalue weighted by molar-refractivity contribution is 6.05. The van der Waals surface area contributed by atoms with E-state index in [1.54, 1.807) is 6.07 Å². The van der Waals surface area contributed by atoms with Gasteiger partial charge in [0.2, 0.25) is 0 Å². The number of rotatable bonds is 4. The van der Waals surface area contributed by atoms with E-state index < -0.39 is 5.54 Å². The molecule has 9 nitrogen and oxygen atoms in total. The number of hydrogen-bond donors (Lipinski definition) is 2. The van der Waals surface area contributed by atoms with Gasteiger partial charge in [-0.25, -0.2) is 4.79 Å². The number of amides is 3. The Kier molecular flexibility index (Phi) is 6.78. The monoisotopic (exact) mass is 494 g/mol. The Labute approximate surface area is 213 Å². The molecule has 0 saturated carbocycles. The molecular formula is C27H38N6O3. The molecule has 1 atom stereocenters. The van der Waals surface area contributed by atoms with E-state index in [1.165, 1.54) is 0 Å². The number of carbonyl (C=O) groups excluding carboxylic acids is 2. The standard InChI is InChI=1S/C27H38N6O3/c1-18-7-5-6-8-21(18)25(34)28-24-22-17-33(27(3,4)23(22)29-30-24)26(35)32-12-11-31(15-19(32)2)16-20-9-13-36-14-10-20/h5-8,19-20H,9-17H2,1-4H3,(H2,28,29,30,34)/t19-/m0/s1. The number of nitrogens with one attached hydrogen (secondary N) is 2. The summed E-state index contributed by atoms with van der Waals surface area (Å²) in [6.07, 6.45) is 2.26. The normalized spacial score (nSPS) is 22.5. The van der Waals surface area contributed by atoms with Crippen molar-refractivity contribution in [3.8, 4) is 0 Å². The van der Waals surface area contributed by atoms with Crippen molar-refractivity contribution in [3.05, 3.63) is 46.6 Å². The van der Waals surface area contributed by atoms with Crippen LogP contribution in [0.2, 0.25) is 0 Å². The van der Waals surface area contributed by atoms with Gasteiger partial charge in [0.05, 0.1) is 17.8 Å². The molecule has 3 amide bonds. The van der Waals surface area contributed by atoms with E-state index in [-0.39, 0.29) is 18.0 Å². The summed E-state index contributed by atoms with van der Waals surface area (Å²) in [5, 5.41) is 10.5. The average Bonchev–Trinajstić information content (AvgIpc) is 3.37. The topological polar surface area (TPSA) is 93.8 Å². The first-order valence-corrected chi connectivity index (χ1v) is 13.1. The molecule has 0 spiro atoms. The number of H-pyrrole nitrogens is 1. The van der Waals surface area contributed by atoms with Crippen molar-refractivity contribution in [2.75, 3.05) is 44.7 Å². The lowest BCUT2D eigenvalue weighted by molar-refractivity contribution is 0.0290. The SMILES string of the molecule is Cc1ccccc1C(=O)Nc1n[nH]c2c1CN(C(=O)N1CCN(CC3CCOCC3)C[C@@H]1C)C2(C)C. The van der Waals surface area contributed by atoms with Gasteiger partial charge in [0.25, 0.3) is 5.91 Å². The third-order valence-corrected chi connectivity index (χ3v) is 8.14. The van der Waals surface area contributed by atoms with Crippen LogP contribution < -0.4 is 5.32 Å². The van der Waals surface area contributed by atoms with Crippen molar-refractivity contribution in [1.29, 1.82) is 0 Å². The third-order valence-electron chi connectivity index (χ3n) is 8.14. The molecule has 36 heavy (non-hydrogen) atoms. The van der Waals surface area contributed by atoms with Crippen molar-refractivity contribution >= 4 is 17.8 Å². The van der Waals surface area contributed by atoms with E-state index in [2.05, 4.69) is 27.3 Å². The van der Waals surface area contributed by atoms with Gasteiger partial charge in [0.1, 0.15) is 0 Å². The predicted octanol–water partition coefficient (Wildman–Crippen LogP) is 3.57. The largest absolute Gasteiger partial charge is 0.381 e. The lowest BCUT2D eigenvalue weighted by atomic mass is 9.99. The molecular weight excluding hydrogens is 456 g/mol. The van der Waals surface area contributed by atoms with Crippen LogP contribution in [0.25, 0.3) is 0 Å². The van der Waals surface area contributed by atoms with Crippen LogP contribution in [0.4, 0.5) is 10.6 Å². The molecule has 1 aromatic heterocycles. The number of nitrogens with zero attached hydrogens (tertiary/aromatic N) is 4. The summed E-state index contributed by atoms with van der Waals surface area (Å²) in [7, 11) is 0. The fourth-order valence-electron chi connectivity index (χ4n) is 5.86. The molecule has 3 aliphatic rings. The number of aryl methyl sites for hydroxylation is 1. The Morgan fingerprint density at radius 3 is 2.67 bits per heavy atom. The minimum Gasteiger partial charge on any atom is -0.381 e. The van der Waals surface area contributed by atoms with Crippen molar-refractivity contribution < 1.29 is 14.3 Å². The number of carbonyl (C=O) groups is 2. The first kappa shape index (κ1) is 24.8. The molecule has 5 rings (SSSR count). The Bertz CT molecular complexity index is 1120. The third kappa shape index (κ3) is 4.62. The number of anilines is 1. The number of piperazine rings is 1. The second-order valence-electron chi connectivity index (χ2n) is 11.0. The lowest BCUT2D eigenvalue weighted by Gasteiger charge is -2.44. The van der Waals surface area contributed by atoms with Gasteiger partial charge in [-0.15, -0.1) is 0 Å². The summed E-state index contributed by atoms with van der Waals surface area (Å²) in [4.78, 5) is 33.1. The molecule has 0 unspecified atom stereocenters. The highest BCUT2D eigenvalue weighted by Crippen LogP contribution is 2.41. The minimum atomic E-state index is -0.552. The molecule has 2 fully saturated rings. The van der Waals surface area contributed by atoms with Crippen LogP contribution in [0.1, 0.15) is 60.8 Å². The van der Waals surface area contributed by atoms with Crippen LogP contribution in [-0.4, -0.2) is 82.3 Å². The smallest absolute Gasteiger partial charge is 0.321 e. The molecule has 0 radical (unpaired) electrons. The van der Waals surface area contributed by atoms with Crippen molar-refractivity contribution in [2.45, 2.75) is 58.7 Å². The Morgan fingerprint density at radius 1 is 1.19 bits per heavy atom. The zero-order valence-corrected chi connectivity index (χ0v) is 21.8. The van der Waals surface area contributed by atoms with Crippen LogP contribution in [0.5, 0.6) is 0 Å². The molecule has 9 heteroatoms. The maximum absolute atomic E-state index is 13.8. The zero-order valence-electron chi connectivity index (χ0n) is 21.8. The van der Waals surface area contributed by atoms with E-state index in [0.717, 1.165) is 69.1 Å². The number of ether oxygens (including phenoxy) is 1. The number of fused-ring (bicyclic) bond motifs is 1. The first-order chi connectivity index (χ1) is 17.3. The highest BCUT2D eigenvalue weighted by Gasteiger charge is 2.46. The molecule has 0 aliphatic carbocycles. The number of benzene rings is 1. The molecule has 3 aliphatic heterocycles. The lowest BCUT2D eigenvalue weighted by Crippen LogP contribution is -2.59. The molecule has 194 valence electrons. The van der Waals surface area contributed by atoms with E-state index in [4.69, 9.17) is 4.74 Å². The average molecular weight is 495 g/mol. The van der Waals surface area contributed by atoms with Crippen molar-refractivity contribution in [2.24, 2.45) is 5.92 Å². The number of hydrogen-bond acceptors (Lipinski definition) is 5. The number of aromatic amines is 1. The maximum Gasteiger partial charge on any atom is 0.321 e. The summed E-state index contributed by atoms with van der Waals surface area (Å²) in [5.74, 6) is 0.992. The molecule has 1 aromatic carbocycles. The van der Waals surface area contributed by atoms with Crippen LogP contribution >= 0.6 is 0 Å². The molecule has 4 heterocycles. The quantitative estimate of drug-likeness (QED) is 0.678. The molecule has 2 aromatic rings. The van der Waals surface area contributed by atoms with Crippen LogP contribution in [0, 0.1) is 12.8 Å². The van der Waals surface area contributed by atoms with E-state index in [1.807, 2.05) is 48.8 Å². The molecule has 2 saturated heterocycles. The predicted molar refractivity (Wildman–Crippen MR) is 138 cm³/mol. The number of urea groups is 1. The fourth-order valence-corrected chi connectivity index (χ4v) is 5.86. The van der Waals surface area contributed by atoms with Gasteiger partial charge in [0, 0.05) is 56.6 Å². The van der Waals surface area contributed by atoms with Gasteiger partial charge >= 0.3 is 6.03 Å². The first-order valence-electron chi connectivity index (χ1n) is 13.1. The van der Waals surface area contributed by atoms with Gasteiger partial charge in [-0.3, -0.25) is 14.8 Å². The second-order valence-corrected chi connectivity index (χ2v) is 11.0. The Morgan fingerprint density at radius 2 is 1.94 bits per heavy atom. The number of aromatic nitrogens is 2. The summed E-state index contributed by atoms with van der Waals surface area (Å²) in [6.45, 7) is 13.9. The summed E-state index contributed by atoms with van der Waals surface area (Å²) in [6, 6.07) is 7.66. The van der Waals surface area contributed by atoms with Gasteiger partial charge in [-0.1, -0.05) is 18.2 Å². The van der Waals surface area contributed by atoms with Crippen LogP contribution in [-0.2, 0) is 16.8 Å². The highest BCUT2D eigenvalue weighted by atomic mass is 16.5. The fraction of sp³-hybridized carbons (Fsp3) is 0.593. The van der Waals surface area contributed by atoms with E-state index in [9.17, 15) is 9.59 Å². The van der Waals surface area contributed by atoms with Crippen molar-refractivity contribution in [3.63, 3.8) is 0 Å². The van der Waals surface area contributed by atoms with Gasteiger partial charge in [-0.05, 0) is 58.1 Å². The summed E-state index contributed by atoms with van der Waals surface area (Å²) < 4.78 is 5.51. The van der Waals surface area contributed by atoms with E-state index >= 15 is 0 Å². The van der Waals surface area contributed by atoms with E-state index in [0.29, 0.717) is 23.8 Å². The Balaban J connectivity index is 1.25. The minimum absolute atomic E-state index is 0.0407. The van der Waals surface area contributed by atoms with Crippen LogP contribution in [0.3, 0.4) is 0 Å². The summed E-state index contributed by atoms with van der Waals surface area (Å²) >= 11 is 0. The second kappa shape index (κ2) is 9.86. The molecule has 0 bridgehead atoms. The van der Waals surface area contributed by atoms with Gasteiger partial charge < -0.3 is 19.9 Å². The van der Waals surface area contributed by atoms with Gasteiger partial charge in [0.15, 0.2) is 5.82 Å². The van der Waals surface area contributed by atoms with Gasteiger partial charge in [-0.2, -0.15) is 5.10 Å². The van der Waals surface area contributed by atoms with Crippen LogP contribution in [0.15, 0.2) is 24.3 Å². The Hall–Kier alpha value is -2.91. The zero-order chi connectivity index (χ0) is 25.4. The van der Waals surface area contributed by atoms with Crippen molar-refractivity contribution in [1.82, 2.24) is 24.9 Å². The molecule has 2 N–H and O–H groups in total.